The number of benzene rings is 1. The van der Waals surface area contributed by atoms with E-state index in [0.29, 0.717) is 11.8 Å². The molecule has 3 nitrogen and oxygen atoms in total. The summed E-state index contributed by atoms with van der Waals surface area (Å²) in [5.41, 5.74) is 2.39. The fourth-order valence-corrected chi connectivity index (χ4v) is 3.09. The molecule has 1 fully saturated rings. The van der Waals surface area contributed by atoms with E-state index in [1.165, 1.54) is 5.56 Å². The number of hydrogen-bond acceptors (Lipinski definition) is 3. The van der Waals surface area contributed by atoms with Crippen LogP contribution in [0.3, 0.4) is 0 Å². The summed E-state index contributed by atoms with van der Waals surface area (Å²) in [6.45, 7) is 2.26. The van der Waals surface area contributed by atoms with E-state index in [0.717, 1.165) is 23.6 Å². The Labute approximate surface area is 112 Å². The summed E-state index contributed by atoms with van der Waals surface area (Å²) < 4.78 is 11.3. The summed E-state index contributed by atoms with van der Waals surface area (Å²) in [6, 6.07) is 12.1. The van der Waals surface area contributed by atoms with Gasteiger partial charge in [-0.05, 0) is 30.0 Å². The highest BCUT2D eigenvalue weighted by atomic mass is 16.5. The number of hydrogen-bond donors (Lipinski definition) is 0. The first-order valence-corrected chi connectivity index (χ1v) is 6.55. The van der Waals surface area contributed by atoms with Crippen LogP contribution in [0.2, 0.25) is 0 Å². The summed E-state index contributed by atoms with van der Waals surface area (Å²) in [6.07, 6.45) is 1.13. The molecule has 4 rings (SSSR count). The highest BCUT2D eigenvalue weighted by Gasteiger charge is 2.57. The third-order valence-corrected chi connectivity index (χ3v) is 4.33. The summed E-state index contributed by atoms with van der Waals surface area (Å²) >= 11 is 0. The van der Waals surface area contributed by atoms with E-state index in [1.807, 2.05) is 24.3 Å². The molecule has 2 aromatic rings. The van der Waals surface area contributed by atoms with E-state index in [9.17, 15) is 0 Å². The number of fused-ring (bicyclic) bond motifs is 5. The second kappa shape index (κ2) is 3.50. The molecule has 1 aliphatic carbocycles. The molecule has 1 saturated carbocycles. The van der Waals surface area contributed by atoms with Gasteiger partial charge in [-0.3, -0.25) is 0 Å². The Bertz CT molecular complexity index is 668. The van der Waals surface area contributed by atoms with Crippen LogP contribution in [-0.2, 0) is 5.41 Å². The standard InChI is InChI=1S/C16H15NO2/c1-16-9-11(16)10-5-3-4-6-12(10)19-13-7-8-14(18-2)17-15(13)16/h3-8,11H,9H2,1-2H3. The van der Waals surface area contributed by atoms with Crippen LogP contribution in [0.1, 0.15) is 30.5 Å². The molecule has 2 unspecified atom stereocenters. The van der Waals surface area contributed by atoms with Gasteiger partial charge in [0.1, 0.15) is 11.5 Å². The molecule has 0 bridgehead atoms. The zero-order chi connectivity index (χ0) is 13.0. The van der Waals surface area contributed by atoms with Crippen LogP contribution in [0, 0.1) is 0 Å². The zero-order valence-electron chi connectivity index (χ0n) is 11.0. The minimum Gasteiger partial charge on any atom is -0.481 e. The van der Waals surface area contributed by atoms with Gasteiger partial charge in [0.15, 0.2) is 0 Å². The van der Waals surface area contributed by atoms with Gasteiger partial charge in [0.05, 0.1) is 12.8 Å². The molecule has 1 aromatic carbocycles. The van der Waals surface area contributed by atoms with Crippen LogP contribution in [-0.4, -0.2) is 12.1 Å². The van der Waals surface area contributed by atoms with Gasteiger partial charge in [-0.15, -0.1) is 0 Å². The first-order valence-electron chi connectivity index (χ1n) is 6.55. The summed E-state index contributed by atoms with van der Waals surface area (Å²) in [5.74, 6) is 2.97. The van der Waals surface area contributed by atoms with Crippen molar-refractivity contribution in [2.75, 3.05) is 7.11 Å². The number of pyridine rings is 1. The fourth-order valence-electron chi connectivity index (χ4n) is 3.09. The van der Waals surface area contributed by atoms with E-state index in [2.05, 4.69) is 24.0 Å². The third kappa shape index (κ3) is 1.41. The van der Waals surface area contributed by atoms with Gasteiger partial charge >= 0.3 is 0 Å². The van der Waals surface area contributed by atoms with Crippen molar-refractivity contribution < 1.29 is 9.47 Å². The maximum atomic E-state index is 6.05. The summed E-state index contributed by atoms with van der Waals surface area (Å²) in [7, 11) is 1.65. The van der Waals surface area contributed by atoms with Crippen LogP contribution in [0.15, 0.2) is 36.4 Å². The lowest BCUT2D eigenvalue weighted by atomic mass is 9.97. The van der Waals surface area contributed by atoms with Gasteiger partial charge in [0.25, 0.3) is 0 Å². The summed E-state index contributed by atoms with van der Waals surface area (Å²) in [5, 5.41) is 0. The van der Waals surface area contributed by atoms with Crippen molar-refractivity contribution in [3.63, 3.8) is 0 Å². The Kier molecular flexibility index (Phi) is 2.00. The predicted molar refractivity (Wildman–Crippen MR) is 72.0 cm³/mol. The fraction of sp³-hybridized carbons (Fsp3) is 0.312. The van der Waals surface area contributed by atoms with E-state index < -0.39 is 0 Å². The molecule has 96 valence electrons. The lowest BCUT2D eigenvalue weighted by molar-refractivity contribution is 0.390. The van der Waals surface area contributed by atoms with Gasteiger partial charge in [-0.1, -0.05) is 25.1 Å². The second-order valence-corrected chi connectivity index (χ2v) is 5.51. The van der Waals surface area contributed by atoms with Crippen LogP contribution in [0.5, 0.6) is 17.4 Å². The van der Waals surface area contributed by atoms with Crippen molar-refractivity contribution in [1.82, 2.24) is 4.98 Å². The van der Waals surface area contributed by atoms with E-state index in [4.69, 9.17) is 9.47 Å². The number of rotatable bonds is 1. The van der Waals surface area contributed by atoms with Crippen molar-refractivity contribution in [3.05, 3.63) is 47.7 Å². The highest BCUT2D eigenvalue weighted by molar-refractivity contribution is 5.55. The lowest BCUT2D eigenvalue weighted by Gasteiger charge is -2.13. The average Bonchev–Trinajstić information content (AvgIpc) is 3.13. The Morgan fingerprint density at radius 2 is 2.05 bits per heavy atom. The van der Waals surface area contributed by atoms with Crippen LogP contribution in [0.4, 0.5) is 0 Å². The van der Waals surface area contributed by atoms with E-state index in [-0.39, 0.29) is 5.41 Å². The van der Waals surface area contributed by atoms with Crippen LogP contribution >= 0.6 is 0 Å². The van der Waals surface area contributed by atoms with Gasteiger partial charge in [0.2, 0.25) is 5.88 Å². The Morgan fingerprint density at radius 1 is 1.21 bits per heavy atom. The lowest BCUT2D eigenvalue weighted by Crippen LogP contribution is -2.07. The number of ether oxygens (including phenoxy) is 2. The van der Waals surface area contributed by atoms with Crippen molar-refractivity contribution in [2.24, 2.45) is 0 Å². The molecule has 2 heterocycles. The molecule has 0 N–H and O–H groups in total. The van der Waals surface area contributed by atoms with E-state index in [1.54, 1.807) is 7.11 Å². The molecule has 3 heteroatoms. The molecule has 0 amide bonds. The SMILES string of the molecule is COc1ccc2c(n1)C1(C)CC1c1ccccc1O2. The van der Waals surface area contributed by atoms with Gasteiger partial charge in [0, 0.05) is 11.5 Å². The second-order valence-electron chi connectivity index (χ2n) is 5.51. The van der Waals surface area contributed by atoms with Gasteiger partial charge in [-0.2, -0.15) is 0 Å². The molecular weight excluding hydrogens is 238 g/mol. The quantitative estimate of drug-likeness (QED) is 0.777. The van der Waals surface area contributed by atoms with Crippen molar-refractivity contribution in [1.29, 1.82) is 0 Å². The van der Waals surface area contributed by atoms with Gasteiger partial charge < -0.3 is 9.47 Å². The Balaban J connectivity index is 1.93. The molecule has 2 aliphatic rings. The maximum Gasteiger partial charge on any atom is 0.213 e. The molecule has 1 aromatic heterocycles. The monoisotopic (exact) mass is 253 g/mol. The minimum atomic E-state index is 0.0798. The molecule has 0 spiro atoms. The van der Waals surface area contributed by atoms with Crippen molar-refractivity contribution >= 4 is 0 Å². The van der Waals surface area contributed by atoms with Crippen LogP contribution < -0.4 is 9.47 Å². The van der Waals surface area contributed by atoms with E-state index >= 15 is 0 Å². The van der Waals surface area contributed by atoms with Crippen molar-refractivity contribution in [2.45, 2.75) is 24.7 Å². The molecule has 1 aliphatic heterocycles. The summed E-state index contributed by atoms with van der Waals surface area (Å²) in [4.78, 5) is 4.62. The average molecular weight is 253 g/mol. The third-order valence-electron chi connectivity index (χ3n) is 4.33. The van der Waals surface area contributed by atoms with Crippen LogP contribution in [0.25, 0.3) is 0 Å². The predicted octanol–water partition coefficient (Wildman–Crippen LogP) is 3.64. The van der Waals surface area contributed by atoms with Crippen molar-refractivity contribution in [3.8, 4) is 17.4 Å². The zero-order valence-corrected chi connectivity index (χ0v) is 11.0. The largest absolute Gasteiger partial charge is 0.481 e. The topological polar surface area (TPSA) is 31.4 Å². The first-order chi connectivity index (χ1) is 9.22. The maximum absolute atomic E-state index is 6.05. The molecular formula is C16H15NO2. The smallest absolute Gasteiger partial charge is 0.213 e. The number of nitrogens with zero attached hydrogens (tertiary/aromatic N) is 1. The molecule has 0 saturated heterocycles. The molecule has 19 heavy (non-hydrogen) atoms. The van der Waals surface area contributed by atoms with Gasteiger partial charge in [-0.25, -0.2) is 4.98 Å². The highest BCUT2D eigenvalue weighted by Crippen LogP contribution is 2.65. The minimum absolute atomic E-state index is 0.0798. The first kappa shape index (κ1) is 10.9. The molecule has 0 radical (unpaired) electrons. The Hall–Kier alpha value is -2.03. The normalized spacial score (nSPS) is 26.3. The Morgan fingerprint density at radius 3 is 2.89 bits per heavy atom. The molecule has 2 atom stereocenters. The number of methoxy groups -OCH3 is 1. The number of para-hydroxylation sites is 1. The number of aromatic nitrogens is 1.